The number of ketones is 1. The van der Waals surface area contributed by atoms with E-state index in [0.717, 1.165) is 0 Å². The SMILES string of the molecule is C=C[C@]1(C)CC(=O)[C@H]2[C@](C)(O1)[C@@H](OC(C)=O)[C@@H](OC(C)=O)[C@H]1C(C)(C)CC[C@H](OC(C)=O)[C@@]12C. The second kappa shape index (κ2) is 8.47. The zero-order valence-corrected chi connectivity index (χ0v) is 21.6. The number of carbonyl (C=O) groups is 4. The van der Waals surface area contributed by atoms with Gasteiger partial charge >= 0.3 is 17.9 Å². The first-order chi connectivity index (χ1) is 15.5. The molecule has 0 unspecified atom stereocenters. The van der Waals surface area contributed by atoms with E-state index in [0.29, 0.717) is 12.8 Å². The first kappa shape index (κ1) is 26.4. The second-order valence-electron chi connectivity index (χ2n) is 11.5. The summed E-state index contributed by atoms with van der Waals surface area (Å²) in [6.45, 7) is 17.3. The zero-order chi connectivity index (χ0) is 25.9. The van der Waals surface area contributed by atoms with Crippen molar-refractivity contribution in [2.45, 2.75) is 104 Å². The van der Waals surface area contributed by atoms with E-state index in [1.807, 2.05) is 20.8 Å². The Bertz CT molecular complexity index is 908. The third-order valence-electron chi connectivity index (χ3n) is 8.28. The van der Waals surface area contributed by atoms with Crippen LogP contribution in [0.2, 0.25) is 0 Å². The summed E-state index contributed by atoms with van der Waals surface area (Å²) in [5, 5.41) is 0. The van der Waals surface area contributed by atoms with Crippen LogP contribution in [0.5, 0.6) is 0 Å². The van der Waals surface area contributed by atoms with Gasteiger partial charge in [-0.2, -0.15) is 0 Å². The molecule has 3 aliphatic rings. The summed E-state index contributed by atoms with van der Waals surface area (Å²) in [7, 11) is 0. The van der Waals surface area contributed by atoms with E-state index < -0.39 is 70.1 Å². The molecule has 3 rings (SSSR count). The quantitative estimate of drug-likeness (QED) is 0.343. The molecule has 190 valence electrons. The van der Waals surface area contributed by atoms with Gasteiger partial charge in [0.25, 0.3) is 0 Å². The lowest BCUT2D eigenvalue weighted by molar-refractivity contribution is -0.323. The topological polar surface area (TPSA) is 105 Å². The van der Waals surface area contributed by atoms with Crippen LogP contribution in [-0.4, -0.2) is 53.2 Å². The molecule has 8 nitrogen and oxygen atoms in total. The van der Waals surface area contributed by atoms with Crippen LogP contribution in [-0.2, 0) is 38.1 Å². The molecule has 0 aromatic carbocycles. The number of carbonyl (C=O) groups excluding carboxylic acids is 4. The molecule has 8 heteroatoms. The predicted octanol–water partition coefficient (Wildman–Crippen LogP) is 3.55. The van der Waals surface area contributed by atoms with Crippen LogP contribution in [0.25, 0.3) is 0 Å². The number of esters is 3. The average Bonchev–Trinajstić information content (AvgIpc) is 2.65. The third kappa shape index (κ3) is 4.08. The fraction of sp³-hybridized carbons (Fsp3) is 0.769. The Labute approximate surface area is 201 Å². The smallest absolute Gasteiger partial charge is 0.303 e. The summed E-state index contributed by atoms with van der Waals surface area (Å²) in [5.74, 6) is -2.87. The summed E-state index contributed by atoms with van der Waals surface area (Å²) in [6.07, 6.45) is 0.293. The summed E-state index contributed by atoms with van der Waals surface area (Å²) in [6, 6.07) is 0. The van der Waals surface area contributed by atoms with Crippen LogP contribution >= 0.6 is 0 Å². The molecule has 0 N–H and O–H groups in total. The molecule has 3 fully saturated rings. The van der Waals surface area contributed by atoms with E-state index in [1.165, 1.54) is 20.8 Å². The largest absolute Gasteiger partial charge is 0.462 e. The van der Waals surface area contributed by atoms with E-state index in [4.69, 9.17) is 18.9 Å². The Hall–Kier alpha value is -2.22. The van der Waals surface area contributed by atoms with Crippen molar-refractivity contribution in [3.05, 3.63) is 12.7 Å². The van der Waals surface area contributed by atoms with Crippen LogP contribution in [0, 0.1) is 22.7 Å². The van der Waals surface area contributed by atoms with Crippen LogP contribution in [0.1, 0.15) is 74.7 Å². The number of fused-ring (bicyclic) bond motifs is 3. The lowest BCUT2D eigenvalue weighted by Crippen LogP contribution is -2.78. The number of rotatable bonds is 4. The van der Waals surface area contributed by atoms with Gasteiger partial charge in [-0.05, 0) is 32.1 Å². The third-order valence-corrected chi connectivity index (χ3v) is 8.28. The molecule has 0 aromatic rings. The Kier molecular flexibility index (Phi) is 6.57. The number of hydrogen-bond acceptors (Lipinski definition) is 8. The Morgan fingerprint density at radius 3 is 2.03 bits per heavy atom. The number of hydrogen-bond donors (Lipinski definition) is 0. The van der Waals surface area contributed by atoms with E-state index in [2.05, 4.69) is 6.58 Å². The fourth-order valence-corrected chi connectivity index (χ4v) is 7.41. The van der Waals surface area contributed by atoms with E-state index in [-0.39, 0.29) is 12.2 Å². The van der Waals surface area contributed by atoms with Gasteiger partial charge in [0.05, 0.1) is 11.5 Å². The molecule has 1 saturated heterocycles. The zero-order valence-electron chi connectivity index (χ0n) is 21.6. The highest BCUT2D eigenvalue weighted by Crippen LogP contribution is 2.66. The maximum Gasteiger partial charge on any atom is 0.303 e. The molecule has 34 heavy (non-hydrogen) atoms. The monoisotopic (exact) mass is 478 g/mol. The first-order valence-corrected chi connectivity index (χ1v) is 11.9. The van der Waals surface area contributed by atoms with Crippen molar-refractivity contribution < 1.29 is 38.1 Å². The minimum atomic E-state index is -1.36. The second-order valence-corrected chi connectivity index (χ2v) is 11.5. The Balaban J connectivity index is 2.34. The van der Waals surface area contributed by atoms with Gasteiger partial charge in [-0.15, -0.1) is 6.58 Å². The minimum absolute atomic E-state index is 0.0807. The molecule has 1 aliphatic heterocycles. The lowest BCUT2D eigenvalue weighted by Gasteiger charge is -2.68. The van der Waals surface area contributed by atoms with Crippen molar-refractivity contribution >= 4 is 23.7 Å². The minimum Gasteiger partial charge on any atom is -0.462 e. The van der Waals surface area contributed by atoms with Crippen LogP contribution in [0.4, 0.5) is 0 Å². The van der Waals surface area contributed by atoms with Crippen molar-refractivity contribution in [1.82, 2.24) is 0 Å². The van der Waals surface area contributed by atoms with Crippen LogP contribution in [0.3, 0.4) is 0 Å². The van der Waals surface area contributed by atoms with Gasteiger partial charge < -0.3 is 18.9 Å². The van der Waals surface area contributed by atoms with E-state index >= 15 is 0 Å². The highest BCUT2D eigenvalue weighted by atomic mass is 16.6. The van der Waals surface area contributed by atoms with Gasteiger partial charge in [0.2, 0.25) is 0 Å². The molecule has 0 radical (unpaired) electrons. The summed E-state index contributed by atoms with van der Waals surface area (Å²) >= 11 is 0. The van der Waals surface area contributed by atoms with Gasteiger partial charge in [0.1, 0.15) is 23.6 Å². The van der Waals surface area contributed by atoms with Gasteiger partial charge in [-0.3, -0.25) is 19.2 Å². The Morgan fingerprint density at radius 1 is 0.971 bits per heavy atom. The maximum atomic E-state index is 14.0. The summed E-state index contributed by atoms with van der Waals surface area (Å²) < 4.78 is 24.2. The molecular weight excluding hydrogens is 440 g/mol. The van der Waals surface area contributed by atoms with Crippen molar-refractivity contribution in [1.29, 1.82) is 0 Å². The number of Topliss-reactive ketones (excluding diaryl/α,β-unsaturated/α-hetero) is 1. The van der Waals surface area contributed by atoms with Crippen molar-refractivity contribution in [3.8, 4) is 0 Å². The van der Waals surface area contributed by atoms with Crippen molar-refractivity contribution in [2.75, 3.05) is 0 Å². The van der Waals surface area contributed by atoms with E-state index in [9.17, 15) is 19.2 Å². The van der Waals surface area contributed by atoms with Crippen molar-refractivity contribution in [2.24, 2.45) is 22.7 Å². The first-order valence-electron chi connectivity index (χ1n) is 11.9. The highest BCUT2D eigenvalue weighted by Gasteiger charge is 2.75. The molecule has 0 aromatic heterocycles. The summed E-state index contributed by atoms with van der Waals surface area (Å²) in [5.41, 5.74) is -3.74. The summed E-state index contributed by atoms with van der Waals surface area (Å²) in [4.78, 5) is 50.7. The molecule has 0 amide bonds. The standard InChI is InChI=1S/C26H38O8/c1-10-24(7)13-17(30)20-25(8)18(31-14(2)27)11-12-23(5,6)21(25)19(32-15(3)28)22(33-16(4)29)26(20,9)34-24/h10,18-22H,1,11-13H2,2-9H3/t18-,19-,20+,21-,22-,24+,25+,26-/m0/s1. The molecule has 8 atom stereocenters. The maximum absolute atomic E-state index is 14.0. The Morgan fingerprint density at radius 2 is 1.53 bits per heavy atom. The molecule has 1 heterocycles. The van der Waals surface area contributed by atoms with Crippen LogP contribution < -0.4 is 0 Å². The normalized spacial score (nSPS) is 43.1. The fourth-order valence-electron chi connectivity index (χ4n) is 7.41. The van der Waals surface area contributed by atoms with Crippen LogP contribution in [0.15, 0.2) is 12.7 Å². The van der Waals surface area contributed by atoms with E-state index in [1.54, 1.807) is 19.9 Å². The molecule has 0 bridgehead atoms. The van der Waals surface area contributed by atoms with Gasteiger partial charge in [0, 0.05) is 38.5 Å². The molecule has 2 saturated carbocycles. The van der Waals surface area contributed by atoms with Gasteiger partial charge in [0.15, 0.2) is 6.10 Å². The van der Waals surface area contributed by atoms with Gasteiger partial charge in [-0.1, -0.05) is 26.8 Å². The predicted molar refractivity (Wildman–Crippen MR) is 122 cm³/mol. The van der Waals surface area contributed by atoms with Crippen molar-refractivity contribution in [3.63, 3.8) is 0 Å². The molecule has 0 spiro atoms. The molecule has 2 aliphatic carbocycles. The lowest BCUT2D eigenvalue weighted by atomic mass is 9.41. The average molecular weight is 479 g/mol. The molecular formula is C26H38O8. The highest BCUT2D eigenvalue weighted by molar-refractivity contribution is 5.86. The van der Waals surface area contributed by atoms with Gasteiger partial charge in [-0.25, -0.2) is 0 Å². The number of ether oxygens (including phenoxy) is 4.